The molecule has 12 heavy (non-hydrogen) atoms. The SMILES string of the molecule is Cc1sc2c(S)cccc2c1C. The van der Waals surface area contributed by atoms with Crippen LogP contribution in [0.1, 0.15) is 10.4 Å². The van der Waals surface area contributed by atoms with Gasteiger partial charge in [-0.1, -0.05) is 12.1 Å². The summed E-state index contributed by atoms with van der Waals surface area (Å²) in [5, 5.41) is 1.35. The van der Waals surface area contributed by atoms with Gasteiger partial charge in [0.2, 0.25) is 0 Å². The maximum absolute atomic E-state index is 4.42. The van der Waals surface area contributed by atoms with Crippen molar-refractivity contribution < 1.29 is 0 Å². The zero-order valence-corrected chi connectivity index (χ0v) is 8.80. The Kier molecular flexibility index (Phi) is 1.89. The van der Waals surface area contributed by atoms with Crippen LogP contribution >= 0.6 is 24.0 Å². The summed E-state index contributed by atoms with van der Waals surface area (Å²) in [4.78, 5) is 2.49. The number of hydrogen-bond donors (Lipinski definition) is 1. The van der Waals surface area contributed by atoms with Gasteiger partial charge in [-0.3, -0.25) is 0 Å². The fourth-order valence-corrected chi connectivity index (χ4v) is 2.76. The lowest BCUT2D eigenvalue weighted by Crippen LogP contribution is -1.70. The van der Waals surface area contributed by atoms with Crippen LogP contribution in [-0.4, -0.2) is 0 Å². The quantitative estimate of drug-likeness (QED) is 0.606. The second kappa shape index (κ2) is 2.79. The first-order chi connectivity index (χ1) is 5.70. The molecule has 0 aliphatic rings. The van der Waals surface area contributed by atoms with Crippen molar-refractivity contribution in [2.75, 3.05) is 0 Å². The molecule has 0 aliphatic carbocycles. The third-order valence-electron chi connectivity index (χ3n) is 2.18. The van der Waals surface area contributed by atoms with Crippen molar-refractivity contribution in [3.63, 3.8) is 0 Å². The van der Waals surface area contributed by atoms with E-state index in [-0.39, 0.29) is 0 Å². The van der Waals surface area contributed by atoms with Crippen LogP contribution < -0.4 is 0 Å². The van der Waals surface area contributed by atoms with Crippen LogP contribution in [0.2, 0.25) is 0 Å². The minimum atomic E-state index is 1.09. The third-order valence-corrected chi connectivity index (χ3v) is 3.96. The second-order valence-corrected chi connectivity index (χ2v) is 4.64. The van der Waals surface area contributed by atoms with Crippen LogP contribution in [0.4, 0.5) is 0 Å². The van der Waals surface area contributed by atoms with Crippen molar-refractivity contribution in [1.29, 1.82) is 0 Å². The summed E-state index contributed by atoms with van der Waals surface area (Å²) >= 11 is 6.25. The van der Waals surface area contributed by atoms with Gasteiger partial charge in [-0.05, 0) is 30.9 Å². The summed E-state index contributed by atoms with van der Waals surface area (Å²) in [5.41, 5.74) is 1.39. The molecule has 2 heteroatoms. The fraction of sp³-hybridized carbons (Fsp3) is 0.200. The molecule has 0 amide bonds. The summed E-state index contributed by atoms with van der Waals surface area (Å²) < 4.78 is 1.32. The van der Waals surface area contributed by atoms with Gasteiger partial charge in [0.1, 0.15) is 0 Å². The van der Waals surface area contributed by atoms with Gasteiger partial charge in [0, 0.05) is 14.5 Å². The van der Waals surface area contributed by atoms with E-state index >= 15 is 0 Å². The van der Waals surface area contributed by atoms with Crippen molar-refractivity contribution in [2.45, 2.75) is 18.7 Å². The molecule has 62 valence electrons. The Hall–Kier alpha value is -0.470. The predicted molar refractivity (Wildman–Crippen MR) is 58.6 cm³/mol. The van der Waals surface area contributed by atoms with Gasteiger partial charge in [0.25, 0.3) is 0 Å². The van der Waals surface area contributed by atoms with Gasteiger partial charge < -0.3 is 0 Å². The molecule has 0 bridgehead atoms. The van der Waals surface area contributed by atoms with E-state index in [9.17, 15) is 0 Å². The summed E-state index contributed by atoms with van der Waals surface area (Å²) in [6.45, 7) is 4.33. The molecule has 0 atom stereocenters. The van der Waals surface area contributed by atoms with E-state index in [0.29, 0.717) is 0 Å². The molecule has 0 saturated heterocycles. The first-order valence-electron chi connectivity index (χ1n) is 3.88. The first kappa shape index (κ1) is 8.14. The van der Waals surface area contributed by atoms with E-state index in [1.54, 1.807) is 0 Å². The Balaban J connectivity index is 2.95. The van der Waals surface area contributed by atoms with Crippen molar-refractivity contribution in [1.82, 2.24) is 0 Å². The Morgan fingerprint density at radius 1 is 1.25 bits per heavy atom. The highest BCUT2D eigenvalue weighted by atomic mass is 32.1. The van der Waals surface area contributed by atoms with Crippen molar-refractivity contribution in [3.05, 3.63) is 28.6 Å². The zero-order chi connectivity index (χ0) is 8.72. The van der Waals surface area contributed by atoms with Crippen LogP contribution in [0.25, 0.3) is 10.1 Å². The summed E-state index contributed by atoms with van der Waals surface area (Å²) in [6.07, 6.45) is 0. The van der Waals surface area contributed by atoms with E-state index in [1.807, 2.05) is 17.4 Å². The first-order valence-corrected chi connectivity index (χ1v) is 5.14. The molecule has 2 rings (SSSR count). The smallest absolute Gasteiger partial charge is 0.0481 e. The van der Waals surface area contributed by atoms with E-state index in [0.717, 1.165) is 4.90 Å². The van der Waals surface area contributed by atoms with Gasteiger partial charge in [0.05, 0.1) is 0 Å². The molecule has 0 radical (unpaired) electrons. The molecule has 0 spiro atoms. The van der Waals surface area contributed by atoms with E-state index in [1.165, 1.54) is 20.5 Å². The number of benzene rings is 1. The minimum absolute atomic E-state index is 1.09. The topological polar surface area (TPSA) is 0 Å². The average Bonchev–Trinajstić information content (AvgIpc) is 2.32. The molecule has 1 aromatic carbocycles. The predicted octanol–water partition coefficient (Wildman–Crippen LogP) is 3.81. The Labute approximate surface area is 81.6 Å². The maximum Gasteiger partial charge on any atom is 0.0481 e. The van der Waals surface area contributed by atoms with Crippen LogP contribution in [0.15, 0.2) is 23.1 Å². The van der Waals surface area contributed by atoms with Gasteiger partial charge in [-0.25, -0.2) is 0 Å². The molecule has 0 unspecified atom stereocenters. The number of thiophene rings is 1. The molecule has 1 heterocycles. The third kappa shape index (κ3) is 1.06. The summed E-state index contributed by atoms with van der Waals surface area (Å²) in [5.74, 6) is 0. The highest BCUT2D eigenvalue weighted by Crippen LogP contribution is 2.33. The number of thiol groups is 1. The molecular weight excluding hydrogens is 184 g/mol. The number of aryl methyl sites for hydroxylation is 2. The van der Waals surface area contributed by atoms with Crippen LogP contribution in [-0.2, 0) is 0 Å². The molecule has 0 N–H and O–H groups in total. The molecule has 2 aromatic rings. The highest BCUT2D eigenvalue weighted by Gasteiger charge is 2.05. The zero-order valence-electron chi connectivity index (χ0n) is 7.09. The summed E-state index contributed by atoms with van der Waals surface area (Å²) in [6, 6.07) is 6.26. The average molecular weight is 194 g/mol. The Morgan fingerprint density at radius 3 is 2.67 bits per heavy atom. The van der Waals surface area contributed by atoms with E-state index in [2.05, 4.69) is 38.6 Å². The number of hydrogen-bond acceptors (Lipinski definition) is 2. The lowest BCUT2D eigenvalue weighted by Gasteiger charge is -1.93. The molecule has 0 fully saturated rings. The Morgan fingerprint density at radius 2 is 2.00 bits per heavy atom. The van der Waals surface area contributed by atoms with Crippen LogP contribution in [0.3, 0.4) is 0 Å². The summed E-state index contributed by atoms with van der Waals surface area (Å²) in [7, 11) is 0. The van der Waals surface area contributed by atoms with E-state index < -0.39 is 0 Å². The molecule has 0 nitrogen and oxygen atoms in total. The highest BCUT2D eigenvalue weighted by molar-refractivity contribution is 7.80. The largest absolute Gasteiger partial charge is 0.142 e. The second-order valence-electron chi connectivity index (χ2n) is 2.94. The van der Waals surface area contributed by atoms with Crippen molar-refractivity contribution in [3.8, 4) is 0 Å². The number of rotatable bonds is 0. The lowest BCUT2D eigenvalue weighted by molar-refractivity contribution is 1.47. The minimum Gasteiger partial charge on any atom is -0.142 e. The van der Waals surface area contributed by atoms with Gasteiger partial charge in [-0.2, -0.15) is 0 Å². The standard InChI is InChI=1S/C10H10S2/c1-6-7(2)12-10-8(6)4-3-5-9(10)11/h3-5,11H,1-2H3. The molecule has 0 aliphatic heterocycles. The van der Waals surface area contributed by atoms with Crippen molar-refractivity contribution in [2.24, 2.45) is 0 Å². The van der Waals surface area contributed by atoms with Crippen molar-refractivity contribution >= 4 is 34.1 Å². The van der Waals surface area contributed by atoms with Gasteiger partial charge in [-0.15, -0.1) is 24.0 Å². The molecule has 1 aromatic heterocycles. The lowest BCUT2D eigenvalue weighted by atomic mass is 10.2. The van der Waals surface area contributed by atoms with Gasteiger partial charge in [0.15, 0.2) is 0 Å². The van der Waals surface area contributed by atoms with Gasteiger partial charge >= 0.3 is 0 Å². The Bertz CT molecular complexity index is 427. The monoisotopic (exact) mass is 194 g/mol. The van der Waals surface area contributed by atoms with Crippen LogP contribution in [0.5, 0.6) is 0 Å². The van der Waals surface area contributed by atoms with Crippen LogP contribution in [0, 0.1) is 13.8 Å². The fourth-order valence-electron chi connectivity index (χ4n) is 1.35. The van der Waals surface area contributed by atoms with E-state index in [4.69, 9.17) is 0 Å². The molecular formula is C10H10S2. The number of fused-ring (bicyclic) bond motifs is 1. The molecule has 0 saturated carbocycles. The normalized spacial score (nSPS) is 10.9. The maximum atomic E-state index is 4.42.